The average molecular weight is 242 g/mol. The quantitative estimate of drug-likeness (QED) is 0.356. The van der Waals surface area contributed by atoms with Gasteiger partial charge in [0.2, 0.25) is 0 Å². The van der Waals surface area contributed by atoms with Crippen molar-refractivity contribution in [1.82, 2.24) is 0 Å². The molecule has 1 atom stereocenters. The fourth-order valence-electron chi connectivity index (χ4n) is 2.25. The van der Waals surface area contributed by atoms with E-state index in [2.05, 4.69) is 4.89 Å². The number of carbonyl (C=O) groups is 1. The molecular formula is C13H22O4. The van der Waals surface area contributed by atoms with Gasteiger partial charge >= 0.3 is 5.97 Å². The number of hydrogen-bond acceptors (Lipinski definition) is 4. The maximum atomic E-state index is 11.4. The van der Waals surface area contributed by atoms with E-state index in [-0.39, 0.29) is 11.9 Å². The second-order valence-corrected chi connectivity index (χ2v) is 5.04. The lowest BCUT2D eigenvalue weighted by Gasteiger charge is -2.34. The largest absolute Gasteiger partial charge is 0.463 e. The molecule has 1 fully saturated rings. The van der Waals surface area contributed by atoms with E-state index in [0.717, 1.165) is 31.3 Å². The zero-order chi connectivity index (χ0) is 12.9. The Labute approximate surface area is 103 Å². The lowest BCUT2D eigenvalue weighted by atomic mass is 9.76. The van der Waals surface area contributed by atoms with Crippen molar-refractivity contribution in [3.63, 3.8) is 0 Å². The summed E-state index contributed by atoms with van der Waals surface area (Å²) >= 11 is 0. The molecule has 1 saturated carbocycles. The molecule has 1 unspecified atom stereocenters. The summed E-state index contributed by atoms with van der Waals surface area (Å²) < 4.78 is 4.90. The molecule has 1 N–H and O–H groups in total. The Morgan fingerprint density at radius 1 is 1.59 bits per heavy atom. The first-order valence-electron chi connectivity index (χ1n) is 6.18. The molecule has 4 nitrogen and oxygen atoms in total. The Hall–Kier alpha value is -0.870. The van der Waals surface area contributed by atoms with Crippen molar-refractivity contribution < 1.29 is 19.7 Å². The van der Waals surface area contributed by atoms with Crippen LogP contribution in [0, 0.1) is 5.92 Å². The van der Waals surface area contributed by atoms with Crippen LogP contribution in [0.2, 0.25) is 0 Å². The van der Waals surface area contributed by atoms with Crippen molar-refractivity contribution in [3.05, 3.63) is 11.6 Å². The van der Waals surface area contributed by atoms with Crippen molar-refractivity contribution in [2.24, 2.45) is 5.92 Å². The molecule has 1 aliphatic carbocycles. The predicted molar refractivity (Wildman–Crippen MR) is 64.5 cm³/mol. The number of rotatable bonds is 4. The van der Waals surface area contributed by atoms with Crippen LogP contribution in [-0.2, 0) is 14.4 Å². The molecule has 0 spiro atoms. The minimum atomic E-state index is -0.561. The van der Waals surface area contributed by atoms with Gasteiger partial charge in [0, 0.05) is 6.08 Å². The summed E-state index contributed by atoms with van der Waals surface area (Å²) in [6.45, 7) is 5.93. The van der Waals surface area contributed by atoms with Gasteiger partial charge in [0.1, 0.15) is 5.60 Å². The van der Waals surface area contributed by atoms with Crippen LogP contribution >= 0.6 is 0 Å². The van der Waals surface area contributed by atoms with Gasteiger partial charge < -0.3 is 4.74 Å². The maximum absolute atomic E-state index is 11.4. The molecular weight excluding hydrogens is 220 g/mol. The number of carbonyl (C=O) groups excluding carboxylic acids is 1. The monoisotopic (exact) mass is 242 g/mol. The van der Waals surface area contributed by atoms with Crippen molar-refractivity contribution >= 4 is 5.97 Å². The third-order valence-electron chi connectivity index (χ3n) is 3.39. The Kier molecular flexibility index (Phi) is 5.15. The number of esters is 1. The summed E-state index contributed by atoms with van der Waals surface area (Å²) in [6, 6.07) is 0. The van der Waals surface area contributed by atoms with Crippen LogP contribution in [0.4, 0.5) is 0 Å². The minimum Gasteiger partial charge on any atom is -0.463 e. The zero-order valence-electron chi connectivity index (χ0n) is 10.9. The summed E-state index contributed by atoms with van der Waals surface area (Å²) in [5.74, 6) is -0.0344. The molecule has 0 aliphatic heterocycles. The van der Waals surface area contributed by atoms with Gasteiger partial charge in [-0.15, -0.1) is 0 Å². The van der Waals surface area contributed by atoms with Gasteiger partial charge in [-0.2, -0.15) is 0 Å². The zero-order valence-corrected chi connectivity index (χ0v) is 10.9. The first-order chi connectivity index (χ1) is 7.99. The molecule has 0 amide bonds. The summed E-state index contributed by atoms with van der Waals surface area (Å²) in [5.41, 5.74) is 0.526. The second-order valence-electron chi connectivity index (χ2n) is 5.04. The van der Waals surface area contributed by atoms with Gasteiger partial charge in [-0.05, 0) is 52.4 Å². The standard InChI is InChI=1S/C13H22O4/c1-4-16-12(14)9-10-6-5-7-11(8-10)13(2,3)17-15/h9,11,15H,4-8H2,1-3H3/b10-9-. The average Bonchev–Trinajstić information content (AvgIpc) is 2.29. The summed E-state index contributed by atoms with van der Waals surface area (Å²) in [4.78, 5) is 15.9. The maximum Gasteiger partial charge on any atom is 0.330 e. The molecule has 0 aromatic carbocycles. The smallest absolute Gasteiger partial charge is 0.330 e. The summed E-state index contributed by atoms with van der Waals surface area (Å²) in [6.07, 6.45) is 5.32. The van der Waals surface area contributed by atoms with Crippen LogP contribution in [0.1, 0.15) is 46.5 Å². The number of hydrogen-bond donors (Lipinski definition) is 1. The predicted octanol–water partition coefficient (Wildman–Crippen LogP) is 2.93. The highest BCUT2D eigenvalue weighted by Crippen LogP contribution is 2.36. The molecule has 98 valence electrons. The second kappa shape index (κ2) is 6.17. The van der Waals surface area contributed by atoms with E-state index < -0.39 is 5.60 Å². The van der Waals surface area contributed by atoms with E-state index in [1.165, 1.54) is 0 Å². The first-order valence-corrected chi connectivity index (χ1v) is 6.18. The van der Waals surface area contributed by atoms with Crippen molar-refractivity contribution in [2.45, 2.75) is 52.1 Å². The fourth-order valence-corrected chi connectivity index (χ4v) is 2.25. The SMILES string of the molecule is CCOC(=O)/C=C1/CCCC(C(C)(C)OO)C1. The van der Waals surface area contributed by atoms with Crippen LogP contribution in [0.5, 0.6) is 0 Å². The Bertz CT molecular complexity index is 294. The summed E-state index contributed by atoms with van der Waals surface area (Å²) in [5, 5.41) is 8.89. The van der Waals surface area contributed by atoms with Gasteiger partial charge in [0.25, 0.3) is 0 Å². The van der Waals surface area contributed by atoms with Crippen LogP contribution < -0.4 is 0 Å². The highest BCUT2D eigenvalue weighted by molar-refractivity contribution is 5.82. The molecule has 0 radical (unpaired) electrons. The van der Waals surface area contributed by atoms with E-state index in [1.54, 1.807) is 13.0 Å². The third-order valence-corrected chi connectivity index (χ3v) is 3.39. The molecule has 0 heterocycles. The molecule has 0 aromatic rings. The molecule has 1 aliphatic rings. The molecule has 1 rings (SSSR count). The lowest BCUT2D eigenvalue weighted by molar-refractivity contribution is -0.327. The van der Waals surface area contributed by atoms with Gasteiger partial charge in [-0.25, -0.2) is 9.68 Å². The van der Waals surface area contributed by atoms with E-state index in [0.29, 0.717) is 6.61 Å². The lowest BCUT2D eigenvalue weighted by Crippen LogP contribution is -2.35. The van der Waals surface area contributed by atoms with Gasteiger partial charge in [0.15, 0.2) is 0 Å². The number of allylic oxidation sites excluding steroid dienone is 1. The highest BCUT2D eigenvalue weighted by atomic mass is 17.1. The van der Waals surface area contributed by atoms with Crippen LogP contribution in [0.25, 0.3) is 0 Å². The first kappa shape index (κ1) is 14.2. The van der Waals surface area contributed by atoms with E-state index in [9.17, 15) is 4.79 Å². The summed E-state index contributed by atoms with van der Waals surface area (Å²) in [7, 11) is 0. The molecule has 0 aromatic heterocycles. The van der Waals surface area contributed by atoms with Crippen molar-refractivity contribution in [2.75, 3.05) is 6.61 Å². The minimum absolute atomic E-state index is 0.238. The normalized spacial score (nSPS) is 23.8. The topological polar surface area (TPSA) is 55.8 Å². The molecule has 4 heteroatoms. The van der Waals surface area contributed by atoms with E-state index in [4.69, 9.17) is 9.99 Å². The van der Waals surface area contributed by atoms with E-state index >= 15 is 0 Å². The van der Waals surface area contributed by atoms with Crippen LogP contribution in [-0.4, -0.2) is 23.4 Å². The van der Waals surface area contributed by atoms with E-state index in [1.807, 2.05) is 13.8 Å². The van der Waals surface area contributed by atoms with Gasteiger partial charge in [0.05, 0.1) is 6.61 Å². The molecule has 0 bridgehead atoms. The Balaban J connectivity index is 2.63. The van der Waals surface area contributed by atoms with Gasteiger partial charge in [-0.3, -0.25) is 5.26 Å². The van der Waals surface area contributed by atoms with Crippen LogP contribution in [0.3, 0.4) is 0 Å². The third kappa shape index (κ3) is 4.13. The number of ether oxygens (including phenoxy) is 1. The molecule has 17 heavy (non-hydrogen) atoms. The Morgan fingerprint density at radius 2 is 2.29 bits per heavy atom. The molecule has 0 saturated heterocycles. The highest BCUT2D eigenvalue weighted by Gasteiger charge is 2.33. The van der Waals surface area contributed by atoms with Gasteiger partial charge in [-0.1, -0.05) is 5.57 Å². The Morgan fingerprint density at radius 3 is 2.88 bits per heavy atom. The fraction of sp³-hybridized carbons (Fsp3) is 0.769. The van der Waals surface area contributed by atoms with Crippen LogP contribution in [0.15, 0.2) is 11.6 Å². The van der Waals surface area contributed by atoms with Crippen molar-refractivity contribution in [1.29, 1.82) is 0 Å². The van der Waals surface area contributed by atoms with Crippen molar-refractivity contribution in [3.8, 4) is 0 Å².